The van der Waals surface area contributed by atoms with Crippen molar-refractivity contribution in [1.82, 2.24) is 24.8 Å². The smallest absolute Gasteiger partial charge is 0.256 e. The molecule has 8 heteroatoms. The maximum absolute atomic E-state index is 13.4. The highest BCUT2D eigenvalue weighted by atomic mass is 19.1. The molecule has 2 aliphatic rings. The van der Waals surface area contributed by atoms with Crippen molar-refractivity contribution < 1.29 is 13.9 Å². The number of nitrogens with zero attached hydrogens (tertiary/aromatic N) is 5. The summed E-state index contributed by atoms with van der Waals surface area (Å²) in [5.74, 6) is 0.526. The number of halogens is 1. The number of carbonyl (C=O) groups excluding carboxylic acids is 1. The maximum atomic E-state index is 13.4. The first-order valence-electron chi connectivity index (χ1n) is 9.91. The summed E-state index contributed by atoms with van der Waals surface area (Å²) in [6.07, 6.45) is 7.21. The first kappa shape index (κ1) is 18.6. The van der Waals surface area contributed by atoms with E-state index in [1.807, 2.05) is 24.0 Å². The van der Waals surface area contributed by atoms with Crippen LogP contribution in [0.4, 0.5) is 4.39 Å². The van der Waals surface area contributed by atoms with E-state index in [1.165, 1.54) is 0 Å². The fraction of sp³-hybridized carbons (Fsp3) is 0.318. The lowest BCUT2D eigenvalue weighted by Gasteiger charge is -2.33. The summed E-state index contributed by atoms with van der Waals surface area (Å²) in [6, 6.07) is 7.22. The summed E-state index contributed by atoms with van der Waals surface area (Å²) in [5, 5.41) is 0. The molecule has 0 radical (unpaired) electrons. The summed E-state index contributed by atoms with van der Waals surface area (Å²) in [6.45, 7) is 2.66. The van der Waals surface area contributed by atoms with Crippen molar-refractivity contribution in [1.29, 1.82) is 0 Å². The molecule has 1 amide bonds. The third kappa shape index (κ3) is 3.38. The predicted octanol–water partition coefficient (Wildman–Crippen LogP) is 3.06. The van der Waals surface area contributed by atoms with Gasteiger partial charge in [0, 0.05) is 25.0 Å². The minimum absolute atomic E-state index is 0.0206. The molecule has 152 valence electrons. The summed E-state index contributed by atoms with van der Waals surface area (Å²) < 4.78 is 19.3. The second-order valence-corrected chi connectivity index (χ2v) is 7.82. The molecule has 1 aliphatic heterocycles. The molecule has 2 bridgehead atoms. The van der Waals surface area contributed by atoms with E-state index in [0.717, 1.165) is 30.8 Å². The molecule has 3 aromatic heterocycles. The number of ether oxygens (including phenoxy) is 1. The van der Waals surface area contributed by atoms with Crippen LogP contribution in [0.2, 0.25) is 0 Å². The Morgan fingerprint density at radius 1 is 1.10 bits per heavy atom. The van der Waals surface area contributed by atoms with Gasteiger partial charge in [-0.25, -0.2) is 19.3 Å². The van der Waals surface area contributed by atoms with E-state index in [4.69, 9.17) is 4.74 Å². The molecular formula is C22H20FN5O2. The molecule has 3 unspecified atom stereocenters. The van der Waals surface area contributed by atoms with Gasteiger partial charge >= 0.3 is 0 Å². The van der Waals surface area contributed by atoms with Crippen LogP contribution in [0.25, 0.3) is 11.5 Å². The first-order valence-corrected chi connectivity index (χ1v) is 9.91. The Hall–Kier alpha value is -3.42. The topological polar surface area (TPSA) is 81.1 Å². The first-order chi connectivity index (χ1) is 14.6. The van der Waals surface area contributed by atoms with E-state index in [0.29, 0.717) is 29.6 Å². The highest BCUT2D eigenvalue weighted by Crippen LogP contribution is 2.40. The van der Waals surface area contributed by atoms with Crippen molar-refractivity contribution in [2.45, 2.75) is 31.9 Å². The number of fused-ring (bicyclic) bond motifs is 2. The van der Waals surface area contributed by atoms with E-state index in [2.05, 4.69) is 19.9 Å². The minimum Gasteiger partial charge on any atom is -0.472 e. The van der Waals surface area contributed by atoms with E-state index < -0.39 is 5.82 Å². The Labute approximate surface area is 173 Å². The Morgan fingerprint density at radius 2 is 1.93 bits per heavy atom. The van der Waals surface area contributed by atoms with Gasteiger partial charge in [0.1, 0.15) is 11.8 Å². The van der Waals surface area contributed by atoms with E-state index >= 15 is 0 Å². The second-order valence-electron chi connectivity index (χ2n) is 7.82. The van der Waals surface area contributed by atoms with E-state index in [9.17, 15) is 9.18 Å². The number of hydrogen-bond donors (Lipinski definition) is 0. The molecular weight excluding hydrogens is 385 g/mol. The second kappa shape index (κ2) is 7.44. The summed E-state index contributed by atoms with van der Waals surface area (Å²) >= 11 is 0. The molecule has 5 rings (SSSR count). The lowest BCUT2D eigenvalue weighted by atomic mass is 10.1. The monoisotopic (exact) mass is 405 g/mol. The third-order valence-corrected chi connectivity index (χ3v) is 5.71. The van der Waals surface area contributed by atoms with Crippen LogP contribution in [0.5, 0.6) is 5.88 Å². The van der Waals surface area contributed by atoms with Gasteiger partial charge in [-0.15, -0.1) is 0 Å². The van der Waals surface area contributed by atoms with Gasteiger partial charge in [-0.3, -0.25) is 9.78 Å². The number of aromatic nitrogens is 4. The van der Waals surface area contributed by atoms with E-state index in [1.54, 1.807) is 24.5 Å². The summed E-state index contributed by atoms with van der Waals surface area (Å²) in [4.78, 5) is 31.9. The van der Waals surface area contributed by atoms with Gasteiger partial charge in [-0.1, -0.05) is 6.07 Å². The Balaban J connectivity index is 1.39. The summed E-state index contributed by atoms with van der Waals surface area (Å²) in [5.41, 5.74) is 1.83. The van der Waals surface area contributed by atoms with Gasteiger partial charge in [0.2, 0.25) is 5.88 Å². The highest BCUT2D eigenvalue weighted by molar-refractivity contribution is 5.99. The fourth-order valence-corrected chi connectivity index (χ4v) is 4.35. The maximum Gasteiger partial charge on any atom is 0.256 e. The third-order valence-electron chi connectivity index (χ3n) is 5.71. The van der Waals surface area contributed by atoms with Crippen molar-refractivity contribution >= 4 is 5.91 Å². The zero-order valence-corrected chi connectivity index (χ0v) is 16.4. The number of aryl methyl sites for hydroxylation is 1. The number of amides is 1. The summed E-state index contributed by atoms with van der Waals surface area (Å²) in [7, 11) is 0. The molecule has 1 saturated carbocycles. The molecule has 4 heterocycles. The highest BCUT2D eigenvalue weighted by Gasteiger charge is 2.48. The number of hydrogen-bond acceptors (Lipinski definition) is 6. The molecule has 7 nitrogen and oxygen atoms in total. The lowest BCUT2D eigenvalue weighted by molar-refractivity contribution is 0.0467. The Bertz CT molecular complexity index is 1070. The van der Waals surface area contributed by atoms with Crippen molar-refractivity contribution in [3.8, 4) is 17.4 Å². The normalized spacial score (nSPS) is 22.3. The average molecular weight is 405 g/mol. The largest absolute Gasteiger partial charge is 0.472 e. The number of pyridine rings is 2. The molecule has 1 saturated heterocycles. The molecule has 0 N–H and O–H groups in total. The van der Waals surface area contributed by atoms with Gasteiger partial charge in [0.05, 0.1) is 24.0 Å². The van der Waals surface area contributed by atoms with Crippen LogP contribution in [-0.4, -0.2) is 49.4 Å². The van der Waals surface area contributed by atoms with Gasteiger partial charge in [0.25, 0.3) is 5.91 Å². The van der Waals surface area contributed by atoms with Crippen LogP contribution in [0.15, 0.2) is 49.1 Å². The van der Waals surface area contributed by atoms with Crippen LogP contribution < -0.4 is 4.74 Å². The molecule has 2 fully saturated rings. The predicted molar refractivity (Wildman–Crippen MR) is 106 cm³/mol. The van der Waals surface area contributed by atoms with Gasteiger partial charge in [-0.05, 0) is 43.4 Å². The van der Waals surface area contributed by atoms with Crippen molar-refractivity contribution in [2.75, 3.05) is 6.54 Å². The van der Waals surface area contributed by atoms with Crippen LogP contribution in [0.3, 0.4) is 0 Å². The van der Waals surface area contributed by atoms with Gasteiger partial charge in [-0.2, -0.15) is 0 Å². The number of carbonyl (C=O) groups is 1. The Morgan fingerprint density at radius 3 is 2.67 bits per heavy atom. The molecule has 1 aliphatic carbocycles. The fourth-order valence-electron chi connectivity index (χ4n) is 4.35. The van der Waals surface area contributed by atoms with Crippen molar-refractivity contribution in [3.05, 3.63) is 66.0 Å². The van der Waals surface area contributed by atoms with Crippen molar-refractivity contribution in [3.63, 3.8) is 0 Å². The van der Waals surface area contributed by atoms with Crippen LogP contribution in [0, 0.1) is 18.7 Å². The van der Waals surface area contributed by atoms with Gasteiger partial charge in [0.15, 0.2) is 11.6 Å². The molecule has 0 aromatic carbocycles. The average Bonchev–Trinajstić information content (AvgIpc) is 3.36. The minimum atomic E-state index is -0.538. The zero-order valence-electron chi connectivity index (χ0n) is 16.4. The SMILES string of the molecule is Cc1ccc(OC2CC3CC2N(C(=O)c2cccnc2-c2ncc(F)cn2)C3)nc1. The van der Waals surface area contributed by atoms with Crippen LogP contribution in [-0.2, 0) is 0 Å². The van der Waals surface area contributed by atoms with Crippen LogP contribution in [0.1, 0.15) is 28.8 Å². The van der Waals surface area contributed by atoms with E-state index in [-0.39, 0.29) is 23.9 Å². The standard InChI is InChI=1S/C22H20FN5O2/c1-13-4-5-19(25-9-13)30-18-8-14-7-17(18)28(12-14)22(29)16-3-2-6-24-20(16)21-26-10-15(23)11-27-21/h2-6,9-11,14,17-18H,7-8,12H2,1H3. The van der Waals surface area contributed by atoms with Gasteiger partial charge < -0.3 is 9.64 Å². The molecule has 3 aromatic rings. The Kier molecular flexibility index (Phi) is 4.61. The van der Waals surface area contributed by atoms with Crippen LogP contribution >= 0.6 is 0 Å². The molecule has 3 atom stereocenters. The quantitative estimate of drug-likeness (QED) is 0.664. The number of rotatable bonds is 4. The number of likely N-dealkylation sites (tertiary alicyclic amines) is 1. The number of piperidine rings is 1. The lowest BCUT2D eigenvalue weighted by Crippen LogP contribution is -2.47. The zero-order chi connectivity index (χ0) is 20.7. The molecule has 0 spiro atoms. The molecule has 30 heavy (non-hydrogen) atoms. The van der Waals surface area contributed by atoms with Crippen molar-refractivity contribution in [2.24, 2.45) is 5.92 Å².